The van der Waals surface area contributed by atoms with Crippen LogP contribution in [-0.2, 0) is 9.53 Å². The Bertz CT molecular complexity index is 427. The lowest BCUT2D eigenvalue weighted by Gasteiger charge is -2.20. The van der Waals surface area contributed by atoms with Gasteiger partial charge in [0.2, 0.25) is 0 Å². The van der Waals surface area contributed by atoms with Crippen molar-refractivity contribution < 1.29 is 14.6 Å². The van der Waals surface area contributed by atoms with Crippen LogP contribution in [0.4, 0.5) is 0 Å². The molecule has 0 N–H and O–H groups in total. The summed E-state index contributed by atoms with van der Waals surface area (Å²) in [6.45, 7) is 0. The molecule has 90 valence electrons. The number of ketones is 1. The third-order valence-corrected chi connectivity index (χ3v) is 3.02. The standard InChI is InChI=1S/C14H16O3/c1-17-13-4-2-3-11(9-13)14(16)10-5-7-12(15)8-6-10/h2-3,5,7-10,13,15H,4,6H2,1H3/p-1. The highest BCUT2D eigenvalue weighted by atomic mass is 16.5. The van der Waals surface area contributed by atoms with Crippen LogP contribution in [0, 0.1) is 5.92 Å². The molecule has 0 radical (unpaired) electrons. The number of hydrogen-bond acceptors (Lipinski definition) is 3. The Morgan fingerprint density at radius 2 is 2.24 bits per heavy atom. The van der Waals surface area contributed by atoms with Crippen molar-refractivity contribution in [2.45, 2.75) is 18.9 Å². The number of methoxy groups -OCH3 is 1. The summed E-state index contributed by atoms with van der Waals surface area (Å²) in [4.78, 5) is 12.2. The van der Waals surface area contributed by atoms with Crippen molar-refractivity contribution in [2.24, 2.45) is 5.92 Å². The Morgan fingerprint density at radius 1 is 1.41 bits per heavy atom. The molecule has 2 aliphatic rings. The number of carbonyl (C=O) groups is 1. The number of allylic oxidation sites excluding steroid dienone is 5. The number of Topliss-reactive ketones (excluding diaryl/α,β-unsaturated/α-hetero) is 1. The monoisotopic (exact) mass is 231 g/mol. The van der Waals surface area contributed by atoms with E-state index in [1.54, 1.807) is 19.3 Å². The summed E-state index contributed by atoms with van der Waals surface area (Å²) in [7, 11) is 1.63. The molecule has 2 unspecified atom stereocenters. The number of rotatable bonds is 3. The van der Waals surface area contributed by atoms with E-state index in [9.17, 15) is 9.90 Å². The van der Waals surface area contributed by atoms with E-state index in [4.69, 9.17) is 4.74 Å². The lowest BCUT2D eigenvalue weighted by Crippen LogP contribution is -2.20. The van der Waals surface area contributed by atoms with Crippen molar-refractivity contribution in [1.82, 2.24) is 0 Å². The second-order valence-corrected chi connectivity index (χ2v) is 4.21. The molecule has 2 rings (SSSR count). The Kier molecular flexibility index (Phi) is 3.59. The highest BCUT2D eigenvalue weighted by Crippen LogP contribution is 2.22. The third kappa shape index (κ3) is 2.74. The van der Waals surface area contributed by atoms with E-state index < -0.39 is 0 Å². The van der Waals surface area contributed by atoms with Crippen molar-refractivity contribution in [1.29, 1.82) is 0 Å². The summed E-state index contributed by atoms with van der Waals surface area (Å²) >= 11 is 0. The lowest BCUT2D eigenvalue weighted by atomic mass is 9.89. The van der Waals surface area contributed by atoms with Gasteiger partial charge in [0.05, 0.1) is 6.10 Å². The van der Waals surface area contributed by atoms with Crippen molar-refractivity contribution in [3.8, 4) is 0 Å². The fourth-order valence-electron chi connectivity index (χ4n) is 1.99. The van der Waals surface area contributed by atoms with Crippen molar-refractivity contribution >= 4 is 5.78 Å². The summed E-state index contributed by atoms with van der Waals surface area (Å²) in [5.41, 5.74) is 0.681. The molecule has 0 aromatic rings. The molecule has 0 spiro atoms. The fourth-order valence-corrected chi connectivity index (χ4v) is 1.99. The largest absolute Gasteiger partial charge is 0.873 e. The summed E-state index contributed by atoms with van der Waals surface area (Å²) in [6.07, 6.45) is 11.6. The lowest BCUT2D eigenvalue weighted by molar-refractivity contribution is -0.295. The molecule has 0 aromatic heterocycles. The molecular formula is C14H15O3-. The number of hydrogen-bond donors (Lipinski definition) is 0. The molecule has 0 bridgehead atoms. The van der Waals surface area contributed by atoms with Gasteiger partial charge in [-0.05, 0) is 18.9 Å². The summed E-state index contributed by atoms with van der Waals surface area (Å²) in [5, 5.41) is 11.0. The van der Waals surface area contributed by atoms with Gasteiger partial charge in [0.25, 0.3) is 0 Å². The van der Waals surface area contributed by atoms with Crippen molar-refractivity contribution in [3.63, 3.8) is 0 Å². The molecule has 2 aliphatic carbocycles. The molecule has 17 heavy (non-hydrogen) atoms. The number of carbonyl (C=O) groups excluding carboxylic acids is 1. The molecular weight excluding hydrogens is 216 g/mol. The predicted octanol–water partition coefficient (Wildman–Crippen LogP) is 1.28. The minimum Gasteiger partial charge on any atom is -0.873 e. The van der Waals surface area contributed by atoms with E-state index in [0.29, 0.717) is 12.0 Å². The van der Waals surface area contributed by atoms with Crippen LogP contribution in [0.3, 0.4) is 0 Å². The molecule has 3 heteroatoms. The first kappa shape index (κ1) is 11.9. The van der Waals surface area contributed by atoms with Crippen LogP contribution >= 0.6 is 0 Å². The predicted molar refractivity (Wildman–Crippen MR) is 63.0 cm³/mol. The highest BCUT2D eigenvalue weighted by molar-refractivity contribution is 6.01. The zero-order valence-corrected chi connectivity index (χ0v) is 9.76. The Balaban J connectivity index is 2.08. The zero-order chi connectivity index (χ0) is 12.3. The van der Waals surface area contributed by atoms with E-state index >= 15 is 0 Å². The highest BCUT2D eigenvalue weighted by Gasteiger charge is 2.21. The van der Waals surface area contributed by atoms with E-state index in [0.717, 1.165) is 6.42 Å². The molecule has 0 saturated carbocycles. The van der Waals surface area contributed by atoms with Crippen molar-refractivity contribution in [3.05, 3.63) is 47.8 Å². The molecule has 0 heterocycles. The fraction of sp³-hybridized carbons (Fsp3) is 0.357. The van der Waals surface area contributed by atoms with Gasteiger partial charge < -0.3 is 9.84 Å². The first-order valence-electron chi connectivity index (χ1n) is 5.71. The van der Waals surface area contributed by atoms with E-state index in [2.05, 4.69) is 0 Å². The molecule has 0 amide bonds. The first-order valence-corrected chi connectivity index (χ1v) is 5.71. The second-order valence-electron chi connectivity index (χ2n) is 4.21. The van der Waals surface area contributed by atoms with Gasteiger partial charge in [-0.1, -0.05) is 30.4 Å². The van der Waals surface area contributed by atoms with Gasteiger partial charge in [-0.15, -0.1) is 5.76 Å². The van der Waals surface area contributed by atoms with Gasteiger partial charge in [-0.2, -0.15) is 0 Å². The van der Waals surface area contributed by atoms with Gasteiger partial charge >= 0.3 is 0 Å². The van der Waals surface area contributed by atoms with Crippen LogP contribution in [0.5, 0.6) is 0 Å². The van der Waals surface area contributed by atoms with Crippen molar-refractivity contribution in [2.75, 3.05) is 7.11 Å². The Labute approximate surface area is 101 Å². The molecule has 2 atom stereocenters. The summed E-state index contributed by atoms with van der Waals surface area (Å²) < 4.78 is 5.22. The Morgan fingerprint density at radius 3 is 2.88 bits per heavy atom. The van der Waals surface area contributed by atoms with E-state index in [1.807, 2.05) is 18.2 Å². The van der Waals surface area contributed by atoms with Gasteiger partial charge in [0, 0.05) is 18.6 Å². The van der Waals surface area contributed by atoms with Gasteiger partial charge in [-0.3, -0.25) is 4.79 Å². The minimum atomic E-state index is -0.209. The van der Waals surface area contributed by atoms with Crippen LogP contribution in [0.25, 0.3) is 0 Å². The first-order chi connectivity index (χ1) is 8.20. The maximum atomic E-state index is 12.2. The smallest absolute Gasteiger partial charge is 0.169 e. The average Bonchev–Trinajstić information content (AvgIpc) is 2.39. The van der Waals surface area contributed by atoms with Crippen LogP contribution < -0.4 is 5.11 Å². The van der Waals surface area contributed by atoms with E-state index in [1.165, 1.54) is 6.08 Å². The quantitative estimate of drug-likeness (QED) is 0.735. The van der Waals surface area contributed by atoms with Gasteiger partial charge in [-0.25, -0.2) is 0 Å². The number of ether oxygens (including phenoxy) is 1. The molecule has 3 nitrogen and oxygen atoms in total. The summed E-state index contributed by atoms with van der Waals surface area (Å²) in [5.74, 6) is -0.167. The van der Waals surface area contributed by atoms with Crippen LogP contribution in [0.2, 0.25) is 0 Å². The third-order valence-electron chi connectivity index (χ3n) is 3.02. The zero-order valence-electron chi connectivity index (χ0n) is 9.76. The summed E-state index contributed by atoms with van der Waals surface area (Å²) in [6, 6.07) is 0. The maximum Gasteiger partial charge on any atom is 0.169 e. The van der Waals surface area contributed by atoms with Gasteiger partial charge in [0.1, 0.15) is 0 Å². The van der Waals surface area contributed by atoms with Crippen LogP contribution in [0.1, 0.15) is 12.8 Å². The van der Waals surface area contributed by atoms with Crippen LogP contribution in [-0.4, -0.2) is 19.0 Å². The molecule has 0 aliphatic heterocycles. The molecule has 0 fully saturated rings. The molecule has 0 aromatic carbocycles. The van der Waals surface area contributed by atoms with E-state index in [-0.39, 0.29) is 23.6 Å². The normalized spacial score (nSPS) is 27.6. The van der Waals surface area contributed by atoms with Crippen LogP contribution in [0.15, 0.2) is 47.8 Å². The van der Waals surface area contributed by atoms with Gasteiger partial charge in [0.15, 0.2) is 5.78 Å². The average molecular weight is 231 g/mol. The molecule has 0 saturated heterocycles. The maximum absolute atomic E-state index is 12.2. The Hall–Kier alpha value is -1.61. The SMILES string of the molecule is COC1C=C(C(=O)C2C=CC([O-])=CC2)C=CC1. The minimum absolute atomic E-state index is 0.0165. The topological polar surface area (TPSA) is 49.4 Å². The second kappa shape index (κ2) is 5.15.